The summed E-state index contributed by atoms with van der Waals surface area (Å²) < 4.78 is 26.8. The van der Waals surface area contributed by atoms with Gasteiger partial charge in [0.15, 0.2) is 5.75 Å². The van der Waals surface area contributed by atoms with Crippen LogP contribution in [0.4, 0.5) is 5.69 Å². The van der Waals surface area contributed by atoms with Gasteiger partial charge < -0.3 is 5.11 Å². The molecule has 2 aromatic rings. The smallest absolute Gasteiger partial charge is 0.268 e. The van der Waals surface area contributed by atoms with Gasteiger partial charge in [-0.3, -0.25) is 4.31 Å². The third kappa shape index (κ3) is 3.21. The number of sulfonamides is 1. The first-order valence-electron chi connectivity index (χ1n) is 6.24. The normalized spacial score (nSPS) is 11.2. The van der Waals surface area contributed by atoms with E-state index < -0.39 is 15.8 Å². The van der Waals surface area contributed by atoms with Gasteiger partial charge in [-0.1, -0.05) is 47.5 Å². The maximum absolute atomic E-state index is 12.8. The van der Waals surface area contributed by atoms with Crippen LogP contribution in [0.3, 0.4) is 0 Å². The van der Waals surface area contributed by atoms with E-state index in [4.69, 9.17) is 23.2 Å². The van der Waals surface area contributed by atoms with Crippen molar-refractivity contribution in [3.8, 4) is 5.75 Å². The molecule has 22 heavy (non-hydrogen) atoms. The summed E-state index contributed by atoms with van der Waals surface area (Å²) in [6, 6.07) is 10.9. The first-order valence-corrected chi connectivity index (χ1v) is 8.44. The molecule has 0 unspecified atom stereocenters. The van der Waals surface area contributed by atoms with Crippen LogP contribution in [0, 0.1) is 0 Å². The Balaban J connectivity index is 2.63. The van der Waals surface area contributed by atoms with Crippen molar-refractivity contribution < 1.29 is 13.5 Å². The molecule has 0 aliphatic heterocycles. The molecule has 0 aliphatic rings. The highest BCUT2D eigenvalue weighted by Gasteiger charge is 2.28. The maximum Gasteiger partial charge on any atom is 0.268 e. The number of halogens is 2. The Morgan fingerprint density at radius 1 is 1.18 bits per heavy atom. The van der Waals surface area contributed by atoms with Gasteiger partial charge in [0.2, 0.25) is 0 Å². The van der Waals surface area contributed by atoms with Gasteiger partial charge in [0, 0.05) is 5.02 Å². The second kappa shape index (κ2) is 6.60. The van der Waals surface area contributed by atoms with E-state index in [9.17, 15) is 13.5 Å². The number of hydrogen-bond donors (Lipinski definition) is 1. The molecule has 4 nitrogen and oxygen atoms in total. The highest BCUT2D eigenvalue weighted by atomic mass is 35.5. The third-order valence-corrected chi connectivity index (χ3v) is 5.21. The number of anilines is 1. The summed E-state index contributed by atoms with van der Waals surface area (Å²) in [6.07, 6.45) is 1.45. The van der Waals surface area contributed by atoms with Gasteiger partial charge in [-0.05, 0) is 24.3 Å². The molecule has 2 rings (SSSR count). The number of benzene rings is 2. The van der Waals surface area contributed by atoms with E-state index in [1.807, 2.05) is 0 Å². The van der Waals surface area contributed by atoms with Crippen molar-refractivity contribution in [2.75, 3.05) is 10.8 Å². The van der Waals surface area contributed by atoms with Crippen molar-refractivity contribution >= 4 is 38.9 Å². The van der Waals surface area contributed by atoms with Crippen LogP contribution >= 0.6 is 23.2 Å². The minimum absolute atomic E-state index is 0.0376. The van der Waals surface area contributed by atoms with E-state index in [1.165, 1.54) is 12.1 Å². The molecule has 0 radical (unpaired) electrons. The minimum Gasteiger partial charge on any atom is -0.505 e. The van der Waals surface area contributed by atoms with Crippen molar-refractivity contribution in [3.05, 3.63) is 65.2 Å². The molecule has 116 valence electrons. The van der Waals surface area contributed by atoms with E-state index in [0.717, 1.165) is 10.4 Å². The topological polar surface area (TPSA) is 57.6 Å². The van der Waals surface area contributed by atoms with Crippen LogP contribution in [0.15, 0.2) is 60.0 Å². The second-order valence-electron chi connectivity index (χ2n) is 4.39. The molecule has 0 amide bonds. The Morgan fingerprint density at radius 2 is 1.82 bits per heavy atom. The fourth-order valence-corrected chi connectivity index (χ4v) is 4.09. The van der Waals surface area contributed by atoms with Crippen molar-refractivity contribution in [2.24, 2.45) is 0 Å². The van der Waals surface area contributed by atoms with Crippen LogP contribution in [0.25, 0.3) is 0 Å². The lowest BCUT2D eigenvalue weighted by Gasteiger charge is -2.23. The Hall–Kier alpha value is -1.69. The average Bonchev–Trinajstić information content (AvgIpc) is 2.49. The number of phenols is 1. The molecule has 1 N–H and O–H groups in total. The Morgan fingerprint density at radius 3 is 2.41 bits per heavy atom. The van der Waals surface area contributed by atoms with Crippen molar-refractivity contribution in [1.29, 1.82) is 0 Å². The van der Waals surface area contributed by atoms with Crippen molar-refractivity contribution in [1.82, 2.24) is 0 Å². The zero-order chi connectivity index (χ0) is 16.3. The number of nitrogens with zero attached hydrogens (tertiary/aromatic N) is 1. The zero-order valence-corrected chi connectivity index (χ0v) is 13.7. The molecule has 0 fully saturated rings. The molecular formula is C15H13Cl2NO3S. The molecule has 0 saturated heterocycles. The standard InChI is InChI=1S/C15H13Cl2NO3S/c1-2-8-18(12-6-4-3-5-7-12)22(20,21)14-10-11(16)9-13(17)15(14)19/h2-7,9-10,19H,1,8H2. The summed E-state index contributed by atoms with van der Waals surface area (Å²) in [6.45, 7) is 3.61. The number of aromatic hydroxyl groups is 1. The summed E-state index contributed by atoms with van der Waals surface area (Å²) in [5.41, 5.74) is 0.442. The Labute approximate surface area is 139 Å². The van der Waals surface area contributed by atoms with Crippen LogP contribution in [-0.2, 0) is 10.0 Å². The van der Waals surface area contributed by atoms with Gasteiger partial charge in [-0.2, -0.15) is 0 Å². The van der Waals surface area contributed by atoms with E-state index in [0.29, 0.717) is 5.69 Å². The molecular weight excluding hydrogens is 345 g/mol. The molecule has 2 aromatic carbocycles. The number of phenolic OH excluding ortho intramolecular Hbond substituents is 1. The largest absolute Gasteiger partial charge is 0.505 e. The summed E-state index contributed by atoms with van der Waals surface area (Å²) in [7, 11) is -4.05. The van der Waals surface area contributed by atoms with Crippen LogP contribution in [0.2, 0.25) is 10.0 Å². The third-order valence-electron chi connectivity index (χ3n) is 2.90. The summed E-state index contributed by atoms with van der Waals surface area (Å²) in [4.78, 5) is -0.351. The number of rotatable bonds is 5. The molecule has 7 heteroatoms. The Kier molecular flexibility index (Phi) is 5.01. The predicted octanol–water partition coefficient (Wildman–Crippen LogP) is 4.08. The second-order valence-corrected chi connectivity index (χ2v) is 7.07. The quantitative estimate of drug-likeness (QED) is 0.820. The lowest BCUT2D eigenvalue weighted by atomic mass is 10.3. The lowest BCUT2D eigenvalue weighted by molar-refractivity contribution is 0.459. The summed E-state index contributed by atoms with van der Waals surface area (Å²) in [5.74, 6) is -0.531. The SMILES string of the molecule is C=CCN(c1ccccc1)S(=O)(=O)c1cc(Cl)cc(Cl)c1O. The van der Waals surface area contributed by atoms with E-state index in [-0.39, 0.29) is 21.5 Å². The lowest BCUT2D eigenvalue weighted by Crippen LogP contribution is -2.31. The molecule has 0 aliphatic carbocycles. The van der Waals surface area contributed by atoms with Crippen LogP contribution in [0.5, 0.6) is 5.75 Å². The maximum atomic E-state index is 12.8. The first-order chi connectivity index (χ1) is 10.4. The van der Waals surface area contributed by atoms with Gasteiger partial charge >= 0.3 is 0 Å². The monoisotopic (exact) mass is 357 g/mol. The van der Waals surface area contributed by atoms with Gasteiger partial charge in [0.05, 0.1) is 17.3 Å². The molecule has 0 bridgehead atoms. The van der Waals surface area contributed by atoms with Gasteiger partial charge in [0.25, 0.3) is 10.0 Å². The van der Waals surface area contributed by atoms with Gasteiger partial charge in [-0.15, -0.1) is 6.58 Å². The molecule has 0 saturated carbocycles. The highest BCUT2D eigenvalue weighted by molar-refractivity contribution is 7.93. The molecule has 0 heterocycles. The number of hydrogen-bond acceptors (Lipinski definition) is 3. The molecule has 0 aromatic heterocycles. The molecule has 0 spiro atoms. The molecule has 0 atom stereocenters. The van der Waals surface area contributed by atoms with Crippen LogP contribution < -0.4 is 4.31 Å². The fraction of sp³-hybridized carbons (Fsp3) is 0.0667. The number of para-hydroxylation sites is 1. The Bertz CT molecular complexity index is 792. The highest BCUT2D eigenvalue weighted by Crippen LogP contribution is 2.36. The predicted molar refractivity (Wildman–Crippen MR) is 89.3 cm³/mol. The summed E-state index contributed by atoms with van der Waals surface area (Å²) >= 11 is 11.7. The van der Waals surface area contributed by atoms with E-state index in [1.54, 1.807) is 30.3 Å². The van der Waals surface area contributed by atoms with Crippen LogP contribution in [0.1, 0.15) is 0 Å². The fourth-order valence-electron chi connectivity index (χ4n) is 1.91. The first kappa shape index (κ1) is 16.7. The average molecular weight is 358 g/mol. The van der Waals surface area contributed by atoms with Gasteiger partial charge in [0.1, 0.15) is 4.90 Å². The van der Waals surface area contributed by atoms with Crippen molar-refractivity contribution in [3.63, 3.8) is 0 Å². The van der Waals surface area contributed by atoms with E-state index >= 15 is 0 Å². The van der Waals surface area contributed by atoms with Crippen molar-refractivity contribution in [2.45, 2.75) is 4.90 Å². The summed E-state index contributed by atoms with van der Waals surface area (Å²) in [5, 5.41) is 9.99. The van der Waals surface area contributed by atoms with Gasteiger partial charge in [-0.25, -0.2) is 8.42 Å². The van der Waals surface area contributed by atoms with Crippen LogP contribution in [-0.4, -0.2) is 20.1 Å². The zero-order valence-electron chi connectivity index (χ0n) is 11.4. The minimum atomic E-state index is -4.05. The van der Waals surface area contributed by atoms with E-state index in [2.05, 4.69) is 6.58 Å².